The van der Waals surface area contributed by atoms with Gasteiger partial charge in [0.05, 0.1) is 18.6 Å². The molecular weight excluding hydrogens is 488 g/mol. The lowest BCUT2D eigenvalue weighted by atomic mass is 9.83. The number of aromatic nitrogens is 2. The molecule has 7 nitrogen and oxygen atoms in total. The first kappa shape index (κ1) is 23.1. The minimum Gasteiger partial charge on any atom is -0.497 e. The summed E-state index contributed by atoms with van der Waals surface area (Å²) in [5.74, 6) is 1.58. The van der Waals surface area contributed by atoms with Gasteiger partial charge in [-0.3, -0.25) is 9.59 Å². The number of thiazole rings is 1. The number of fused-ring (bicyclic) bond motifs is 4. The minimum absolute atomic E-state index is 0.0756. The Morgan fingerprint density at radius 3 is 2.85 bits per heavy atom. The topological polar surface area (TPSA) is 76.5 Å². The Kier molecular flexibility index (Phi) is 6.71. The maximum absolute atomic E-state index is 12.5. The van der Waals surface area contributed by atoms with Crippen LogP contribution in [0.4, 0.5) is 5.13 Å². The molecule has 5 rings (SSSR count). The molecule has 34 heavy (non-hydrogen) atoms. The number of piperidine rings is 1. The minimum atomic E-state index is -0.128. The lowest BCUT2D eigenvalue weighted by molar-refractivity contribution is -0.113. The summed E-state index contributed by atoms with van der Waals surface area (Å²) in [4.78, 5) is 31.5. The van der Waals surface area contributed by atoms with Crippen LogP contribution in [-0.4, -0.2) is 50.6 Å². The number of carbonyl (C=O) groups is 1. The van der Waals surface area contributed by atoms with E-state index in [0.29, 0.717) is 17.0 Å². The highest BCUT2D eigenvalue weighted by molar-refractivity contribution is 8.23. The van der Waals surface area contributed by atoms with Crippen LogP contribution in [0.15, 0.2) is 52.6 Å². The molecule has 0 saturated carbocycles. The molecule has 176 valence electrons. The second kappa shape index (κ2) is 9.89. The highest BCUT2D eigenvalue weighted by Crippen LogP contribution is 2.36. The summed E-state index contributed by atoms with van der Waals surface area (Å²) < 4.78 is 7.83. The van der Waals surface area contributed by atoms with E-state index in [1.165, 1.54) is 23.1 Å². The first-order valence-electron chi connectivity index (χ1n) is 11.0. The van der Waals surface area contributed by atoms with Gasteiger partial charge in [0, 0.05) is 48.3 Å². The van der Waals surface area contributed by atoms with E-state index in [4.69, 9.17) is 17.0 Å². The molecule has 10 heteroatoms. The Hall–Kier alpha value is -2.69. The highest BCUT2D eigenvalue weighted by atomic mass is 32.2. The number of anilines is 1. The van der Waals surface area contributed by atoms with Crippen LogP contribution in [0, 0.1) is 5.92 Å². The molecular formula is C24H24N4O3S3. The van der Waals surface area contributed by atoms with Crippen LogP contribution in [0.1, 0.15) is 18.0 Å². The fourth-order valence-electron chi connectivity index (χ4n) is 4.64. The van der Waals surface area contributed by atoms with E-state index in [-0.39, 0.29) is 17.2 Å². The molecule has 0 unspecified atom stereocenters. The quantitative estimate of drug-likeness (QED) is 0.517. The van der Waals surface area contributed by atoms with Crippen molar-refractivity contribution in [3.8, 4) is 17.0 Å². The van der Waals surface area contributed by atoms with E-state index in [2.05, 4.69) is 15.2 Å². The first-order chi connectivity index (χ1) is 16.5. The van der Waals surface area contributed by atoms with Crippen LogP contribution < -0.4 is 15.6 Å². The van der Waals surface area contributed by atoms with Crippen molar-refractivity contribution in [2.24, 2.45) is 5.92 Å². The normalized spacial score (nSPS) is 18.8. The van der Waals surface area contributed by atoms with Crippen LogP contribution >= 0.6 is 35.3 Å². The summed E-state index contributed by atoms with van der Waals surface area (Å²) in [6.07, 6.45) is 1.08. The molecule has 2 aliphatic rings. The molecule has 3 aromatic rings. The maximum atomic E-state index is 12.5. The summed E-state index contributed by atoms with van der Waals surface area (Å²) in [6, 6.07) is 13.2. The lowest BCUT2D eigenvalue weighted by Gasteiger charge is -2.43. The predicted octanol–water partition coefficient (Wildman–Crippen LogP) is 4.06. The second-order valence-electron chi connectivity index (χ2n) is 8.47. The van der Waals surface area contributed by atoms with Gasteiger partial charge in [-0.25, -0.2) is 4.98 Å². The molecule has 1 aromatic carbocycles. The first-order valence-corrected chi connectivity index (χ1v) is 13.3. The zero-order chi connectivity index (χ0) is 23.7. The van der Waals surface area contributed by atoms with Crippen LogP contribution in [0.5, 0.6) is 5.75 Å². The van der Waals surface area contributed by atoms with Crippen LogP contribution in [0.25, 0.3) is 11.3 Å². The molecule has 2 atom stereocenters. The third-order valence-electron chi connectivity index (χ3n) is 6.20. The van der Waals surface area contributed by atoms with Gasteiger partial charge < -0.3 is 19.5 Å². The number of methoxy groups -OCH3 is 1. The Labute approximate surface area is 211 Å². The molecule has 1 amide bonds. The van der Waals surface area contributed by atoms with Gasteiger partial charge in [-0.1, -0.05) is 30.0 Å². The average molecular weight is 513 g/mol. The van der Waals surface area contributed by atoms with Crippen molar-refractivity contribution in [2.45, 2.75) is 18.9 Å². The van der Waals surface area contributed by atoms with Gasteiger partial charge in [0.25, 0.3) is 5.56 Å². The molecule has 1 saturated heterocycles. The number of hydrogen-bond donors (Lipinski definition) is 1. The number of thiocarbonyl (C=S) groups is 1. The number of nitrogens with one attached hydrogen (secondary N) is 1. The zero-order valence-electron chi connectivity index (χ0n) is 18.6. The standard InChI is InChI=1S/C24H24N4O3S3/c1-31-18-7-5-16(6-8-18)19-13-33-23(25-19)26-21(29)14-34-24(32)27-10-15-9-17(12-27)20-3-2-4-22(30)28(20)11-15/h2-8,13,15,17H,9-12,14H2,1H3,(H,25,26,29)/t15-,17+/m1/s1. The number of rotatable bonds is 5. The van der Waals surface area contributed by atoms with Gasteiger partial charge in [0.1, 0.15) is 10.1 Å². The SMILES string of the molecule is COc1ccc(-c2csc(NC(=O)CSC(=S)N3C[C@H]4C[C@@H](C3)c3cccc(=O)n3C4)n2)cc1. The lowest BCUT2D eigenvalue weighted by Crippen LogP contribution is -2.48. The largest absolute Gasteiger partial charge is 0.497 e. The number of pyridine rings is 1. The third-order valence-corrected chi connectivity index (χ3v) is 8.48. The number of carbonyl (C=O) groups excluding carboxylic acids is 1. The Morgan fingerprint density at radius 2 is 2.06 bits per heavy atom. The van der Waals surface area contributed by atoms with E-state index >= 15 is 0 Å². The van der Waals surface area contributed by atoms with Gasteiger partial charge in [0.15, 0.2) is 5.13 Å². The number of amides is 1. The molecule has 2 aromatic heterocycles. The Morgan fingerprint density at radius 1 is 1.24 bits per heavy atom. The molecule has 2 aliphatic heterocycles. The highest BCUT2D eigenvalue weighted by Gasteiger charge is 2.35. The summed E-state index contributed by atoms with van der Waals surface area (Å²) in [6.45, 7) is 2.34. The summed E-state index contributed by atoms with van der Waals surface area (Å²) in [5.41, 5.74) is 2.94. The smallest absolute Gasteiger partial charge is 0.250 e. The maximum Gasteiger partial charge on any atom is 0.250 e. The van der Waals surface area contributed by atoms with Crippen molar-refractivity contribution in [3.63, 3.8) is 0 Å². The fraction of sp³-hybridized carbons (Fsp3) is 0.333. The van der Waals surface area contributed by atoms with E-state index < -0.39 is 0 Å². The van der Waals surface area contributed by atoms with Crippen molar-refractivity contribution in [1.82, 2.24) is 14.5 Å². The Bertz CT molecular complexity index is 1270. The van der Waals surface area contributed by atoms with Gasteiger partial charge in [-0.05, 0) is 42.7 Å². The molecule has 1 fully saturated rings. The van der Waals surface area contributed by atoms with E-state index in [1.807, 2.05) is 46.3 Å². The fourth-order valence-corrected chi connectivity index (χ4v) is 6.37. The van der Waals surface area contributed by atoms with Crippen molar-refractivity contribution in [1.29, 1.82) is 0 Å². The molecule has 4 heterocycles. The number of ether oxygens (including phenoxy) is 1. The Balaban J connectivity index is 1.15. The van der Waals surface area contributed by atoms with E-state index in [1.54, 1.807) is 13.2 Å². The monoisotopic (exact) mass is 512 g/mol. The van der Waals surface area contributed by atoms with Crippen LogP contribution in [0.3, 0.4) is 0 Å². The molecule has 0 aliphatic carbocycles. The number of nitrogens with zero attached hydrogens (tertiary/aromatic N) is 3. The molecule has 0 spiro atoms. The van der Waals surface area contributed by atoms with Gasteiger partial charge in [-0.15, -0.1) is 11.3 Å². The number of benzene rings is 1. The zero-order valence-corrected chi connectivity index (χ0v) is 21.0. The summed E-state index contributed by atoms with van der Waals surface area (Å²) >= 11 is 8.44. The van der Waals surface area contributed by atoms with Crippen LogP contribution in [0.2, 0.25) is 0 Å². The summed E-state index contributed by atoms with van der Waals surface area (Å²) in [5, 5.41) is 5.37. The summed E-state index contributed by atoms with van der Waals surface area (Å²) in [7, 11) is 1.63. The average Bonchev–Trinajstić information content (AvgIpc) is 3.31. The molecule has 1 N–H and O–H groups in total. The van der Waals surface area contributed by atoms with Gasteiger partial charge >= 0.3 is 0 Å². The van der Waals surface area contributed by atoms with Crippen LogP contribution in [-0.2, 0) is 11.3 Å². The number of likely N-dealkylation sites (tertiary alicyclic amines) is 1. The number of hydrogen-bond acceptors (Lipinski definition) is 7. The molecule has 0 radical (unpaired) electrons. The third kappa shape index (κ3) is 4.89. The molecule has 2 bridgehead atoms. The van der Waals surface area contributed by atoms with Crippen molar-refractivity contribution in [3.05, 3.63) is 63.9 Å². The van der Waals surface area contributed by atoms with Crippen molar-refractivity contribution < 1.29 is 9.53 Å². The van der Waals surface area contributed by atoms with Gasteiger partial charge in [-0.2, -0.15) is 0 Å². The number of thioether (sulfide) groups is 1. The van der Waals surface area contributed by atoms with Crippen molar-refractivity contribution >= 4 is 50.7 Å². The van der Waals surface area contributed by atoms with Crippen molar-refractivity contribution in [2.75, 3.05) is 31.3 Å². The van der Waals surface area contributed by atoms with E-state index in [9.17, 15) is 9.59 Å². The van der Waals surface area contributed by atoms with Gasteiger partial charge in [0.2, 0.25) is 5.91 Å². The predicted molar refractivity (Wildman–Crippen MR) is 141 cm³/mol. The second-order valence-corrected chi connectivity index (χ2v) is 10.9. The van der Waals surface area contributed by atoms with E-state index in [0.717, 1.165) is 53.1 Å².